The Hall–Kier alpha value is -0.830. The van der Waals surface area contributed by atoms with Crippen molar-refractivity contribution in [3.05, 3.63) is 17.5 Å². The van der Waals surface area contributed by atoms with Gasteiger partial charge in [0.2, 0.25) is 5.95 Å². The zero-order valence-electron chi connectivity index (χ0n) is 12.0. The van der Waals surface area contributed by atoms with Crippen LogP contribution in [0.15, 0.2) is 6.07 Å². The molecule has 1 aromatic heterocycles. The molecule has 0 saturated heterocycles. The van der Waals surface area contributed by atoms with Crippen LogP contribution in [0, 0.1) is 12.3 Å². The molecule has 1 rings (SSSR count). The van der Waals surface area contributed by atoms with E-state index in [4.69, 9.17) is 11.6 Å². The number of hydrogen-bond donors (Lipinski definition) is 1. The average Bonchev–Trinajstić information content (AvgIpc) is 2.26. The molecule has 0 fully saturated rings. The van der Waals surface area contributed by atoms with Gasteiger partial charge in [0.1, 0.15) is 0 Å². The van der Waals surface area contributed by atoms with Crippen LogP contribution < -0.4 is 5.32 Å². The highest BCUT2D eigenvalue weighted by atomic mass is 35.5. The number of aryl methyl sites for hydroxylation is 1. The van der Waals surface area contributed by atoms with Gasteiger partial charge < -0.3 is 5.32 Å². The minimum Gasteiger partial charge on any atom is -0.354 e. The largest absolute Gasteiger partial charge is 0.354 e. The van der Waals surface area contributed by atoms with Crippen LogP contribution in [0.4, 0.5) is 5.95 Å². The van der Waals surface area contributed by atoms with Gasteiger partial charge in [-0.05, 0) is 30.7 Å². The molecule has 102 valence electrons. The molecule has 0 spiro atoms. The Balaban J connectivity index is 2.73. The molecule has 4 heteroatoms. The summed E-state index contributed by atoms with van der Waals surface area (Å²) in [6.07, 6.45) is 0.977. The Kier molecular flexibility index (Phi) is 5.39. The lowest BCUT2D eigenvalue weighted by Gasteiger charge is -2.24. The predicted octanol–water partition coefficient (Wildman–Crippen LogP) is 3.98. The zero-order valence-corrected chi connectivity index (χ0v) is 12.8. The van der Waals surface area contributed by atoms with E-state index in [1.54, 1.807) is 0 Å². The second kappa shape index (κ2) is 6.37. The van der Waals surface area contributed by atoms with Crippen molar-refractivity contribution in [2.75, 3.05) is 17.7 Å². The van der Waals surface area contributed by atoms with Gasteiger partial charge in [-0.3, -0.25) is 0 Å². The fourth-order valence-corrected chi connectivity index (χ4v) is 2.14. The molecule has 1 heterocycles. The lowest BCUT2D eigenvalue weighted by molar-refractivity contribution is 0.378. The molecular formula is C14H24ClN3. The monoisotopic (exact) mass is 269 g/mol. The van der Waals surface area contributed by atoms with Crippen LogP contribution in [0.25, 0.3) is 0 Å². The number of halogens is 1. The summed E-state index contributed by atoms with van der Waals surface area (Å²) in [5.74, 6) is 1.82. The van der Waals surface area contributed by atoms with Gasteiger partial charge in [0.25, 0.3) is 0 Å². The molecule has 0 amide bonds. The van der Waals surface area contributed by atoms with E-state index in [9.17, 15) is 0 Å². The van der Waals surface area contributed by atoms with Crippen LogP contribution in [-0.4, -0.2) is 22.4 Å². The van der Waals surface area contributed by atoms with Crippen molar-refractivity contribution in [2.24, 2.45) is 5.41 Å². The lowest BCUT2D eigenvalue weighted by Crippen LogP contribution is -2.24. The third-order valence-corrected chi connectivity index (χ3v) is 3.15. The van der Waals surface area contributed by atoms with Gasteiger partial charge in [-0.2, -0.15) is 0 Å². The second-order valence-corrected chi connectivity index (χ2v) is 6.25. The van der Waals surface area contributed by atoms with Crippen LogP contribution >= 0.6 is 11.6 Å². The van der Waals surface area contributed by atoms with Crippen molar-refractivity contribution < 1.29 is 0 Å². The SMILES string of the molecule is Cc1cc(C(C)C)nc(NCC(C)(C)CCCl)n1. The number of hydrogen-bond acceptors (Lipinski definition) is 3. The highest BCUT2D eigenvalue weighted by Crippen LogP contribution is 2.21. The van der Waals surface area contributed by atoms with Gasteiger partial charge in [0.05, 0.1) is 0 Å². The smallest absolute Gasteiger partial charge is 0.223 e. The first-order valence-corrected chi connectivity index (χ1v) is 7.03. The standard InChI is InChI=1S/C14H24ClN3/c1-10(2)12-8-11(3)17-13(18-12)16-9-14(4,5)6-7-15/h8,10H,6-7,9H2,1-5H3,(H,16,17,18). The number of alkyl halides is 1. The molecule has 0 saturated carbocycles. The molecule has 0 aliphatic rings. The van der Waals surface area contributed by atoms with E-state index < -0.39 is 0 Å². The molecule has 3 nitrogen and oxygen atoms in total. The Labute approximate surface area is 115 Å². The van der Waals surface area contributed by atoms with E-state index in [-0.39, 0.29) is 5.41 Å². The quantitative estimate of drug-likeness (QED) is 0.794. The molecule has 0 radical (unpaired) electrons. The number of rotatable bonds is 6. The lowest BCUT2D eigenvalue weighted by atomic mass is 9.90. The van der Waals surface area contributed by atoms with E-state index in [1.165, 1.54) is 0 Å². The van der Waals surface area contributed by atoms with Crippen molar-refractivity contribution in [2.45, 2.75) is 47.0 Å². The summed E-state index contributed by atoms with van der Waals surface area (Å²) in [7, 11) is 0. The molecule has 1 N–H and O–H groups in total. The summed E-state index contributed by atoms with van der Waals surface area (Å²) in [4.78, 5) is 8.97. The molecule has 0 aliphatic carbocycles. The third kappa shape index (κ3) is 4.81. The highest BCUT2D eigenvalue weighted by molar-refractivity contribution is 6.17. The van der Waals surface area contributed by atoms with Crippen molar-refractivity contribution in [3.63, 3.8) is 0 Å². The fourth-order valence-electron chi connectivity index (χ4n) is 1.63. The molecular weight excluding hydrogens is 246 g/mol. The normalized spacial score (nSPS) is 11.9. The van der Waals surface area contributed by atoms with Gasteiger partial charge in [-0.1, -0.05) is 27.7 Å². The van der Waals surface area contributed by atoms with E-state index in [1.807, 2.05) is 13.0 Å². The molecule has 0 bridgehead atoms. The number of aromatic nitrogens is 2. The minimum absolute atomic E-state index is 0.160. The predicted molar refractivity (Wildman–Crippen MR) is 78.5 cm³/mol. The van der Waals surface area contributed by atoms with Crippen molar-refractivity contribution in [1.82, 2.24) is 9.97 Å². The van der Waals surface area contributed by atoms with Crippen LogP contribution in [0.5, 0.6) is 0 Å². The summed E-state index contributed by atoms with van der Waals surface area (Å²) in [5, 5.41) is 3.32. The Morgan fingerprint density at radius 1 is 1.33 bits per heavy atom. The average molecular weight is 270 g/mol. The van der Waals surface area contributed by atoms with Gasteiger partial charge in [0.15, 0.2) is 0 Å². The first kappa shape index (κ1) is 15.2. The fraction of sp³-hybridized carbons (Fsp3) is 0.714. The minimum atomic E-state index is 0.160. The van der Waals surface area contributed by atoms with Crippen LogP contribution in [0.3, 0.4) is 0 Å². The Bertz CT molecular complexity index is 389. The first-order valence-electron chi connectivity index (χ1n) is 6.49. The molecule has 18 heavy (non-hydrogen) atoms. The Morgan fingerprint density at radius 3 is 2.56 bits per heavy atom. The molecule has 1 aromatic rings. The summed E-state index contributed by atoms with van der Waals surface area (Å²) in [6.45, 7) is 11.5. The first-order chi connectivity index (χ1) is 8.34. The van der Waals surface area contributed by atoms with E-state index >= 15 is 0 Å². The number of nitrogens with zero attached hydrogens (tertiary/aromatic N) is 2. The molecule has 0 atom stereocenters. The van der Waals surface area contributed by atoms with Crippen LogP contribution in [0.1, 0.15) is 51.4 Å². The summed E-state index contributed by atoms with van der Waals surface area (Å²) in [6, 6.07) is 2.04. The highest BCUT2D eigenvalue weighted by Gasteiger charge is 2.17. The zero-order chi connectivity index (χ0) is 13.8. The summed E-state index contributed by atoms with van der Waals surface area (Å²) >= 11 is 5.80. The summed E-state index contributed by atoms with van der Waals surface area (Å²) in [5.41, 5.74) is 2.25. The maximum absolute atomic E-state index is 5.80. The third-order valence-electron chi connectivity index (χ3n) is 2.96. The van der Waals surface area contributed by atoms with Gasteiger partial charge in [-0.15, -0.1) is 11.6 Å². The van der Waals surface area contributed by atoms with Crippen LogP contribution in [-0.2, 0) is 0 Å². The van der Waals surface area contributed by atoms with Crippen LogP contribution in [0.2, 0.25) is 0 Å². The van der Waals surface area contributed by atoms with Crippen molar-refractivity contribution in [3.8, 4) is 0 Å². The van der Waals surface area contributed by atoms with Crippen molar-refractivity contribution in [1.29, 1.82) is 0 Å². The van der Waals surface area contributed by atoms with E-state index in [2.05, 4.69) is 43.0 Å². The van der Waals surface area contributed by atoms with E-state index in [0.29, 0.717) is 11.8 Å². The second-order valence-electron chi connectivity index (χ2n) is 5.87. The maximum atomic E-state index is 5.80. The summed E-state index contributed by atoms with van der Waals surface area (Å²) < 4.78 is 0. The number of nitrogens with one attached hydrogen (secondary N) is 1. The molecule has 0 aliphatic heterocycles. The van der Waals surface area contributed by atoms with Gasteiger partial charge >= 0.3 is 0 Å². The molecule has 0 aromatic carbocycles. The van der Waals surface area contributed by atoms with E-state index in [0.717, 1.165) is 30.3 Å². The van der Waals surface area contributed by atoms with Gasteiger partial charge in [-0.25, -0.2) is 9.97 Å². The topological polar surface area (TPSA) is 37.8 Å². The van der Waals surface area contributed by atoms with Gasteiger partial charge in [0, 0.05) is 23.8 Å². The Morgan fingerprint density at radius 2 is 2.00 bits per heavy atom. The molecule has 0 unspecified atom stereocenters. The number of anilines is 1. The maximum Gasteiger partial charge on any atom is 0.223 e. The van der Waals surface area contributed by atoms with Crippen molar-refractivity contribution >= 4 is 17.5 Å².